The Hall–Kier alpha value is -2.99. The Balaban J connectivity index is 1.61. The lowest BCUT2D eigenvalue weighted by molar-refractivity contribution is -0.134. The monoisotopic (exact) mass is 352 g/mol. The minimum Gasteiger partial charge on any atom is -0.457 e. The van der Waals surface area contributed by atoms with Gasteiger partial charge in [0.15, 0.2) is 0 Å². The van der Waals surface area contributed by atoms with Crippen molar-refractivity contribution in [1.29, 1.82) is 0 Å². The zero-order chi connectivity index (χ0) is 18.4. The fourth-order valence-corrected chi connectivity index (χ4v) is 2.80. The van der Waals surface area contributed by atoms with Gasteiger partial charge in [0.05, 0.1) is 11.6 Å². The SMILES string of the molecule is O=C1CC[C@H](NCc2ccccc2C(=O)OCc2ccccc2)C(=O)N1. The van der Waals surface area contributed by atoms with Crippen molar-refractivity contribution < 1.29 is 19.1 Å². The predicted molar refractivity (Wildman–Crippen MR) is 95.0 cm³/mol. The fourth-order valence-electron chi connectivity index (χ4n) is 2.80. The Labute approximate surface area is 151 Å². The number of ether oxygens (including phenoxy) is 1. The number of imide groups is 1. The minimum absolute atomic E-state index is 0.203. The second-order valence-corrected chi connectivity index (χ2v) is 6.10. The first-order valence-electron chi connectivity index (χ1n) is 8.49. The molecule has 134 valence electrons. The summed E-state index contributed by atoms with van der Waals surface area (Å²) in [5, 5.41) is 5.41. The number of hydrogen-bond acceptors (Lipinski definition) is 5. The summed E-state index contributed by atoms with van der Waals surface area (Å²) in [5.41, 5.74) is 2.12. The first kappa shape index (κ1) is 17.8. The molecular formula is C20H20N2O4. The van der Waals surface area contributed by atoms with Crippen LogP contribution in [-0.2, 0) is 27.5 Å². The average Bonchev–Trinajstić information content (AvgIpc) is 2.66. The lowest BCUT2D eigenvalue weighted by atomic mass is 10.0. The van der Waals surface area contributed by atoms with E-state index in [1.54, 1.807) is 12.1 Å². The first-order valence-corrected chi connectivity index (χ1v) is 8.49. The smallest absolute Gasteiger partial charge is 0.338 e. The lowest BCUT2D eigenvalue weighted by Crippen LogP contribution is -2.50. The van der Waals surface area contributed by atoms with E-state index in [1.807, 2.05) is 42.5 Å². The maximum Gasteiger partial charge on any atom is 0.338 e. The molecule has 2 amide bonds. The van der Waals surface area contributed by atoms with Crippen molar-refractivity contribution in [3.63, 3.8) is 0 Å². The van der Waals surface area contributed by atoms with Crippen LogP contribution in [-0.4, -0.2) is 23.8 Å². The summed E-state index contributed by atoms with van der Waals surface area (Å²) in [6, 6.07) is 16.1. The third kappa shape index (κ3) is 4.55. The molecule has 2 aromatic carbocycles. The number of carbonyl (C=O) groups is 3. The predicted octanol–water partition coefficient (Wildman–Crippen LogP) is 1.94. The summed E-state index contributed by atoms with van der Waals surface area (Å²) in [6.07, 6.45) is 0.759. The van der Waals surface area contributed by atoms with Crippen molar-refractivity contribution in [3.8, 4) is 0 Å². The van der Waals surface area contributed by atoms with Gasteiger partial charge < -0.3 is 10.1 Å². The van der Waals surface area contributed by atoms with Crippen LogP contribution in [0.1, 0.15) is 34.3 Å². The molecular weight excluding hydrogens is 332 g/mol. The van der Waals surface area contributed by atoms with E-state index in [2.05, 4.69) is 10.6 Å². The van der Waals surface area contributed by atoms with Crippen molar-refractivity contribution in [2.75, 3.05) is 0 Å². The van der Waals surface area contributed by atoms with Crippen molar-refractivity contribution in [1.82, 2.24) is 10.6 Å². The van der Waals surface area contributed by atoms with E-state index < -0.39 is 12.0 Å². The summed E-state index contributed by atoms with van der Waals surface area (Å²) in [6.45, 7) is 0.539. The molecule has 26 heavy (non-hydrogen) atoms. The van der Waals surface area contributed by atoms with Crippen LogP contribution < -0.4 is 10.6 Å². The molecule has 6 nitrogen and oxygen atoms in total. The molecule has 6 heteroatoms. The number of rotatable bonds is 6. The number of esters is 1. The van der Waals surface area contributed by atoms with Crippen LogP contribution in [0.15, 0.2) is 54.6 Å². The van der Waals surface area contributed by atoms with Gasteiger partial charge in [0, 0.05) is 13.0 Å². The fraction of sp³-hybridized carbons (Fsp3) is 0.250. The van der Waals surface area contributed by atoms with Crippen molar-refractivity contribution >= 4 is 17.8 Å². The summed E-state index contributed by atoms with van der Waals surface area (Å²) in [4.78, 5) is 35.4. The Kier molecular flexibility index (Phi) is 5.76. The van der Waals surface area contributed by atoms with Crippen LogP contribution in [0.4, 0.5) is 0 Å². The van der Waals surface area contributed by atoms with E-state index in [4.69, 9.17) is 4.74 Å². The Morgan fingerprint density at radius 1 is 1.08 bits per heavy atom. The molecule has 3 rings (SSSR count). The lowest BCUT2D eigenvalue weighted by Gasteiger charge is -2.22. The number of nitrogens with one attached hydrogen (secondary N) is 2. The van der Waals surface area contributed by atoms with Gasteiger partial charge in [-0.2, -0.15) is 0 Å². The molecule has 1 fully saturated rings. The molecule has 1 heterocycles. The van der Waals surface area contributed by atoms with Gasteiger partial charge in [0.25, 0.3) is 0 Å². The zero-order valence-corrected chi connectivity index (χ0v) is 14.2. The Bertz CT molecular complexity index is 804. The molecule has 2 N–H and O–H groups in total. The topological polar surface area (TPSA) is 84.5 Å². The van der Waals surface area contributed by atoms with Gasteiger partial charge >= 0.3 is 5.97 Å². The first-order chi connectivity index (χ1) is 12.6. The highest BCUT2D eigenvalue weighted by molar-refractivity contribution is 6.00. The van der Waals surface area contributed by atoms with Crippen LogP contribution in [0.2, 0.25) is 0 Å². The van der Waals surface area contributed by atoms with Crippen molar-refractivity contribution in [3.05, 3.63) is 71.3 Å². The number of hydrogen-bond donors (Lipinski definition) is 2. The van der Waals surface area contributed by atoms with E-state index in [1.165, 1.54) is 0 Å². The van der Waals surface area contributed by atoms with Gasteiger partial charge in [0.1, 0.15) is 6.61 Å². The van der Waals surface area contributed by atoms with Gasteiger partial charge in [-0.15, -0.1) is 0 Å². The average molecular weight is 352 g/mol. The molecule has 1 atom stereocenters. The maximum atomic E-state index is 12.4. The van der Waals surface area contributed by atoms with E-state index >= 15 is 0 Å². The summed E-state index contributed by atoms with van der Waals surface area (Å²) >= 11 is 0. The molecule has 0 bridgehead atoms. The highest BCUT2D eigenvalue weighted by atomic mass is 16.5. The highest BCUT2D eigenvalue weighted by Gasteiger charge is 2.26. The Morgan fingerprint density at radius 2 is 1.81 bits per heavy atom. The van der Waals surface area contributed by atoms with Crippen molar-refractivity contribution in [2.45, 2.75) is 32.0 Å². The highest BCUT2D eigenvalue weighted by Crippen LogP contribution is 2.13. The molecule has 0 radical (unpaired) electrons. The third-order valence-corrected chi connectivity index (χ3v) is 4.23. The number of amides is 2. The van der Waals surface area contributed by atoms with Gasteiger partial charge in [-0.3, -0.25) is 14.9 Å². The van der Waals surface area contributed by atoms with E-state index in [9.17, 15) is 14.4 Å². The minimum atomic E-state index is -0.443. The third-order valence-electron chi connectivity index (χ3n) is 4.23. The molecule has 2 aromatic rings. The van der Waals surface area contributed by atoms with Gasteiger partial charge in [-0.1, -0.05) is 48.5 Å². The number of benzene rings is 2. The number of carbonyl (C=O) groups excluding carboxylic acids is 3. The van der Waals surface area contributed by atoms with Crippen molar-refractivity contribution in [2.24, 2.45) is 0 Å². The van der Waals surface area contributed by atoms with E-state index in [0.717, 1.165) is 11.1 Å². The zero-order valence-electron chi connectivity index (χ0n) is 14.2. The molecule has 0 aromatic heterocycles. The van der Waals surface area contributed by atoms with Crippen LogP contribution in [0.3, 0.4) is 0 Å². The van der Waals surface area contributed by atoms with E-state index in [0.29, 0.717) is 24.9 Å². The second-order valence-electron chi connectivity index (χ2n) is 6.10. The summed E-state index contributed by atoms with van der Waals surface area (Å²) < 4.78 is 5.39. The molecule has 0 unspecified atom stereocenters. The standard InChI is InChI=1S/C20H20N2O4/c23-18-11-10-17(19(24)22-18)21-12-15-8-4-5-9-16(15)20(25)26-13-14-6-2-1-3-7-14/h1-9,17,21H,10-13H2,(H,22,23,24)/t17-/m0/s1. The molecule has 0 spiro atoms. The maximum absolute atomic E-state index is 12.4. The van der Waals surface area contributed by atoms with Crippen LogP contribution >= 0.6 is 0 Å². The second kappa shape index (κ2) is 8.40. The summed E-state index contributed by atoms with van der Waals surface area (Å²) in [5.74, 6) is -0.988. The van der Waals surface area contributed by atoms with Crippen LogP contribution in [0.5, 0.6) is 0 Å². The molecule has 1 saturated heterocycles. The van der Waals surface area contributed by atoms with Gasteiger partial charge in [-0.05, 0) is 23.6 Å². The molecule has 0 aliphatic carbocycles. The van der Waals surface area contributed by atoms with E-state index in [-0.39, 0.29) is 18.4 Å². The van der Waals surface area contributed by atoms with Crippen LogP contribution in [0, 0.1) is 0 Å². The van der Waals surface area contributed by atoms with Gasteiger partial charge in [-0.25, -0.2) is 4.79 Å². The Morgan fingerprint density at radius 3 is 2.58 bits per heavy atom. The molecule has 1 aliphatic heterocycles. The quantitative estimate of drug-likeness (QED) is 0.613. The van der Waals surface area contributed by atoms with Crippen LogP contribution in [0.25, 0.3) is 0 Å². The van der Waals surface area contributed by atoms with Gasteiger partial charge in [0.2, 0.25) is 11.8 Å². The number of piperidine rings is 1. The summed E-state index contributed by atoms with van der Waals surface area (Å²) in [7, 11) is 0. The molecule has 1 aliphatic rings. The normalized spacial score (nSPS) is 16.8. The largest absolute Gasteiger partial charge is 0.457 e. The molecule has 0 saturated carbocycles.